The summed E-state index contributed by atoms with van der Waals surface area (Å²) >= 11 is 0. The molecule has 0 radical (unpaired) electrons. The van der Waals surface area contributed by atoms with E-state index in [1.807, 2.05) is 0 Å². The van der Waals surface area contributed by atoms with Crippen LogP contribution in [0.2, 0.25) is 0 Å². The van der Waals surface area contributed by atoms with Gasteiger partial charge in [-0.3, -0.25) is 0 Å². The molecule has 98 valence electrons. The highest BCUT2D eigenvalue weighted by molar-refractivity contribution is 5.83. The molecule has 1 aromatic carbocycles. The lowest BCUT2D eigenvalue weighted by atomic mass is 10.0. The Kier molecular flexibility index (Phi) is 2.66. The number of hydrogen-bond acceptors (Lipinski definition) is 4. The van der Waals surface area contributed by atoms with E-state index < -0.39 is 5.97 Å². The van der Waals surface area contributed by atoms with Crippen LogP contribution in [0.1, 0.15) is 28.6 Å². The number of aromatic carboxylic acids is 1. The second kappa shape index (κ2) is 4.34. The number of nitrogens with one attached hydrogen (secondary N) is 1. The van der Waals surface area contributed by atoms with Gasteiger partial charge in [0.05, 0.1) is 6.04 Å². The largest absolute Gasteiger partial charge is 0.475 e. The lowest BCUT2D eigenvalue weighted by Crippen LogP contribution is -2.25. The minimum atomic E-state index is -1.20. The fraction of sp³-hybridized carbons (Fsp3) is 0.250. The summed E-state index contributed by atoms with van der Waals surface area (Å²) in [6, 6.07) is 6.08. The zero-order chi connectivity index (χ0) is 13.4. The van der Waals surface area contributed by atoms with Gasteiger partial charge >= 0.3 is 5.97 Å². The van der Waals surface area contributed by atoms with Crippen molar-refractivity contribution in [2.45, 2.75) is 12.5 Å². The summed E-state index contributed by atoms with van der Waals surface area (Å²) < 4.78 is 15.3. The number of rotatable bonds is 2. The van der Waals surface area contributed by atoms with Crippen molar-refractivity contribution in [1.29, 1.82) is 0 Å². The fourth-order valence-electron chi connectivity index (χ4n) is 2.23. The Morgan fingerprint density at radius 1 is 1.47 bits per heavy atom. The molecule has 1 atom stereocenters. The Hall–Kier alpha value is -2.44. The molecule has 0 saturated carbocycles. The number of benzene rings is 1. The number of aromatic nitrogens is 3. The Bertz CT molecular complexity index is 640. The number of fused-ring (bicyclic) bond motifs is 1. The second-order valence-corrected chi connectivity index (χ2v) is 4.26. The van der Waals surface area contributed by atoms with Crippen molar-refractivity contribution in [3.63, 3.8) is 0 Å². The van der Waals surface area contributed by atoms with Crippen LogP contribution >= 0.6 is 0 Å². The van der Waals surface area contributed by atoms with Crippen LogP contribution in [-0.2, 0) is 0 Å². The summed E-state index contributed by atoms with van der Waals surface area (Å²) in [5, 5.41) is 15.8. The van der Waals surface area contributed by atoms with Crippen LogP contribution < -0.4 is 5.32 Å². The van der Waals surface area contributed by atoms with E-state index in [4.69, 9.17) is 5.11 Å². The van der Waals surface area contributed by atoms with Gasteiger partial charge in [0.15, 0.2) is 0 Å². The Morgan fingerprint density at radius 3 is 3.00 bits per heavy atom. The lowest BCUT2D eigenvalue weighted by Gasteiger charge is -2.24. The van der Waals surface area contributed by atoms with Gasteiger partial charge in [-0.1, -0.05) is 18.2 Å². The molecule has 1 aromatic heterocycles. The molecule has 0 saturated heterocycles. The standard InChI is InChI=1S/C12H11FN4O2/c13-8-4-2-1-3-7(8)9-5-6-14-12-15-10(11(18)19)16-17(9)12/h1-4,9H,5-6H2,(H,18,19)(H,14,15,16). The predicted octanol–water partition coefficient (Wildman–Crippen LogP) is 1.52. The third-order valence-electron chi connectivity index (χ3n) is 3.08. The number of halogens is 1. The van der Waals surface area contributed by atoms with Crippen LogP contribution in [-0.4, -0.2) is 32.4 Å². The fourth-order valence-corrected chi connectivity index (χ4v) is 2.23. The maximum atomic E-state index is 13.8. The van der Waals surface area contributed by atoms with E-state index in [-0.39, 0.29) is 17.7 Å². The maximum Gasteiger partial charge on any atom is 0.375 e. The van der Waals surface area contributed by atoms with Crippen LogP contribution in [0, 0.1) is 5.82 Å². The Labute approximate surface area is 107 Å². The molecular weight excluding hydrogens is 251 g/mol. The SMILES string of the molecule is O=C(O)c1nc2n(n1)C(c1ccccc1F)CCN2. The normalized spacial score (nSPS) is 17.6. The third kappa shape index (κ3) is 1.92. The molecule has 0 aliphatic carbocycles. The van der Waals surface area contributed by atoms with Crippen molar-refractivity contribution in [3.8, 4) is 0 Å². The molecule has 0 amide bonds. The Balaban J connectivity index is 2.07. The van der Waals surface area contributed by atoms with E-state index in [1.54, 1.807) is 18.2 Å². The first-order valence-corrected chi connectivity index (χ1v) is 5.85. The summed E-state index contributed by atoms with van der Waals surface area (Å²) in [5.74, 6) is -1.45. The van der Waals surface area contributed by atoms with Gasteiger partial charge in [0.1, 0.15) is 5.82 Å². The van der Waals surface area contributed by atoms with Gasteiger partial charge in [-0.05, 0) is 12.5 Å². The monoisotopic (exact) mass is 262 g/mol. The van der Waals surface area contributed by atoms with Gasteiger partial charge in [0.25, 0.3) is 5.82 Å². The molecular formula is C12H11FN4O2. The van der Waals surface area contributed by atoms with Crippen LogP contribution in [0.3, 0.4) is 0 Å². The van der Waals surface area contributed by atoms with Gasteiger partial charge in [0, 0.05) is 12.1 Å². The first kappa shape index (κ1) is 11.6. The van der Waals surface area contributed by atoms with Crippen molar-refractivity contribution < 1.29 is 14.3 Å². The van der Waals surface area contributed by atoms with Crippen LogP contribution in [0.15, 0.2) is 24.3 Å². The van der Waals surface area contributed by atoms with E-state index >= 15 is 0 Å². The van der Waals surface area contributed by atoms with Gasteiger partial charge < -0.3 is 10.4 Å². The number of anilines is 1. The van der Waals surface area contributed by atoms with E-state index in [1.165, 1.54) is 10.7 Å². The summed E-state index contributed by atoms with van der Waals surface area (Å²) in [5.41, 5.74) is 0.493. The van der Waals surface area contributed by atoms with Crippen molar-refractivity contribution in [2.75, 3.05) is 11.9 Å². The quantitative estimate of drug-likeness (QED) is 0.857. The molecule has 1 unspecified atom stereocenters. The molecule has 2 heterocycles. The molecule has 0 bridgehead atoms. The number of carboxylic acids is 1. The first-order valence-electron chi connectivity index (χ1n) is 5.85. The molecule has 2 aromatic rings. The van der Waals surface area contributed by atoms with Crippen molar-refractivity contribution in [2.24, 2.45) is 0 Å². The molecule has 2 N–H and O–H groups in total. The predicted molar refractivity (Wildman–Crippen MR) is 64.6 cm³/mol. The highest BCUT2D eigenvalue weighted by Gasteiger charge is 2.27. The average molecular weight is 262 g/mol. The lowest BCUT2D eigenvalue weighted by molar-refractivity contribution is 0.0683. The average Bonchev–Trinajstić information content (AvgIpc) is 2.83. The molecule has 19 heavy (non-hydrogen) atoms. The van der Waals surface area contributed by atoms with Crippen LogP contribution in [0.25, 0.3) is 0 Å². The van der Waals surface area contributed by atoms with Gasteiger partial charge in [-0.15, -0.1) is 5.10 Å². The van der Waals surface area contributed by atoms with Crippen molar-refractivity contribution in [3.05, 3.63) is 41.5 Å². The highest BCUT2D eigenvalue weighted by atomic mass is 19.1. The van der Waals surface area contributed by atoms with Crippen molar-refractivity contribution in [1.82, 2.24) is 14.8 Å². The zero-order valence-corrected chi connectivity index (χ0v) is 9.88. The topological polar surface area (TPSA) is 80.0 Å². The molecule has 0 fully saturated rings. The zero-order valence-electron chi connectivity index (χ0n) is 9.88. The first-order chi connectivity index (χ1) is 9.16. The molecule has 6 nitrogen and oxygen atoms in total. The smallest absolute Gasteiger partial charge is 0.375 e. The minimum absolute atomic E-state index is 0.286. The molecule has 3 rings (SSSR count). The maximum absolute atomic E-state index is 13.8. The molecule has 7 heteroatoms. The summed E-state index contributed by atoms with van der Waals surface area (Å²) in [7, 11) is 0. The van der Waals surface area contributed by atoms with Crippen LogP contribution in [0.4, 0.5) is 10.3 Å². The summed E-state index contributed by atoms with van der Waals surface area (Å²) in [6.07, 6.45) is 0.621. The third-order valence-corrected chi connectivity index (χ3v) is 3.08. The van der Waals surface area contributed by atoms with Crippen molar-refractivity contribution >= 4 is 11.9 Å². The molecule has 0 spiro atoms. The Morgan fingerprint density at radius 2 is 2.26 bits per heavy atom. The number of carboxylic acid groups (broad SMARTS) is 1. The second-order valence-electron chi connectivity index (χ2n) is 4.26. The summed E-state index contributed by atoms with van der Waals surface area (Å²) in [6.45, 7) is 0.594. The molecule has 1 aliphatic heterocycles. The van der Waals surface area contributed by atoms with E-state index in [0.717, 1.165) is 0 Å². The van der Waals surface area contributed by atoms with E-state index in [2.05, 4.69) is 15.4 Å². The van der Waals surface area contributed by atoms with E-state index in [9.17, 15) is 9.18 Å². The van der Waals surface area contributed by atoms with E-state index in [0.29, 0.717) is 24.5 Å². The number of carbonyl (C=O) groups is 1. The minimum Gasteiger partial charge on any atom is -0.475 e. The molecule has 1 aliphatic rings. The van der Waals surface area contributed by atoms with Gasteiger partial charge in [0.2, 0.25) is 5.95 Å². The van der Waals surface area contributed by atoms with Gasteiger partial charge in [-0.2, -0.15) is 4.98 Å². The highest BCUT2D eigenvalue weighted by Crippen LogP contribution is 2.29. The summed E-state index contributed by atoms with van der Waals surface area (Å²) in [4.78, 5) is 14.8. The number of nitrogens with zero attached hydrogens (tertiary/aromatic N) is 3. The number of hydrogen-bond donors (Lipinski definition) is 2. The van der Waals surface area contributed by atoms with Gasteiger partial charge in [-0.25, -0.2) is 13.9 Å². The van der Waals surface area contributed by atoms with Crippen LogP contribution in [0.5, 0.6) is 0 Å².